The van der Waals surface area contributed by atoms with Crippen LogP contribution in [0.4, 0.5) is 0 Å². The fraction of sp³-hybridized carbons (Fsp3) is 0.917. The van der Waals surface area contributed by atoms with Crippen molar-refractivity contribution < 1.29 is 14.6 Å². The summed E-state index contributed by atoms with van der Waals surface area (Å²) in [6, 6.07) is 0. The summed E-state index contributed by atoms with van der Waals surface area (Å²) in [6.07, 6.45) is 3.42. The minimum atomic E-state index is -0.994. The van der Waals surface area contributed by atoms with Gasteiger partial charge in [-0.25, -0.2) is 4.79 Å². The molecule has 0 saturated carbocycles. The molecular formula is C12H24O3. The van der Waals surface area contributed by atoms with Crippen LogP contribution in [0.2, 0.25) is 0 Å². The van der Waals surface area contributed by atoms with Crippen LogP contribution in [0, 0.1) is 5.92 Å². The Labute approximate surface area is 92.8 Å². The van der Waals surface area contributed by atoms with Gasteiger partial charge in [-0.05, 0) is 32.1 Å². The molecule has 0 rings (SSSR count). The molecule has 0 fully saturated rings. The lowest BCUT2D eigenvalue weighted by molar-refractivity contribution is -0.164. The molecule has 0 aliphatic heterocycles. The van der Waals surface area contributed by atoms with Crippen LogP contribution in [-0.2, 0) is 9.53 Å². The summed E-state index contributed by atoms with van der Waals surface area (Å²) in [4.78, 5) is 11.0. The van der Waals surface area contributed by atoms with E-state index in [0.717, 1.165) is 19.3 Å². The average molecular weight is 216 g/mol. The highest BCUT2D eigenvalue weighted by molar-refractivity contribution is 5.76. The smallest absolute Gasteiger partial charge is 0.335 e. The molecule has 15 heavy (non-hydrogen) atoms. The molecule has 0 heterocycles. The van der Waals surface area contributed by atoms with Crippen LogP contribution < -0.4 is 0 Å². The first-order valence-corrected chi connectivity index (χ1v) is 5.79. The number of carboxylic acid groups (broad SMARTS) is 1. The molecule has 0 spiro atoms. The van der Waals surface area contributed by atoms with E-state index >= 15 is 0 Å². The van der Waals surface area contributed by atoms with Crippen LogP contribution in [0.5, 0.6) is 0 Å². The van der Waals surface area contributed by atoms with Crippen molar-refractivity contribution in [3.8, 4) is 0 Å². The molecule has 0 radical (unpaired) electrons. The van der Waals surface area contributed by atoms with Crippen LogP contribution in [0.15, 0.2) is 0 Å². The van der Waals surface area contributed by atoms with E-state index in [0.29, 0.717) is 18.9 Å². The summed E-state index contributed by atoms with van der Waals surface area (Å²) < 4.78 is 5.48. The minimum absolute atomic E-state index is 0.543. The van der Waals surface area contributed by atoms with Gasteiger partial charge in [0.05, 0.1) is 0 Å². The van der Waals surface area contributed by atoms with Crippen LogP contribution in [0.1, 0.15) is 53.4 Å². The minimum Gasteiger partial charge on any atom is -0.479 e. The highest BCUT2D eigenvalue weighted by Gasteiger charge is 2.32. The molecule has 0 aliphatic carbocycles. The number of carbonyl (C=O) groups is 1. The SMILES string of the molecule is CCCC(C)(OCCCC(C)C)C(=O)O. The van der Waals surface area contributed by atoms with E-state index in [1.165, 1.54) is 0 Å². The topological polar surface area (TPSA) is 46.5 Å². The second-order valence-electron chi connectivity index (χ2n) is 4.67. The predicted molar refractivity (Wildman–Crippen MR) is 61.0 cm³/mol. The fourth-order valence-electron chi connectivity index (χ4n) is 1.51. The Kier molecular flexibility index (Phi) is 6.57. The van der Waals surface area contributed by atoms with Crippen molar-refractivity contribution in [3.05, 3.63) is 0 Å². The van der Waals surface area contributed by atoms with Crippen molar-refractivity contribution in [2.45, 2.75) is 59.0 Å². The van der Waals surface area contributed by atoms with Crippen LogP contribution in [-0.4, -0.2) is 23.3 Å². The first-order chi connectivity index (χ1) is 6.92. The number of ether oxygens (including phenoxy) is 1. The van der Waals surface area contributed by atoms with Crippen molar-refractivity contribution >= 4 is 5.97 Å². The highest BCUT2D eigenvalue weighted by Crippen LogP contribution is 2.19. The number of carboxylic acids is 1. The van der Waals surface area contributed by atoms with Gasteiger partial charge in [0, 0.05) is 6.61 Å². The molecule has 1 atom stereocenters. The summed E-state index contributed by atoms with van der Waals surface area (Å²) >= 11 is 0. The second kappa shape index (κ2) is 6.83. The maximum absolute atomic E-state index is 11.0. The summed E-state index contributed by atoms with van der Waals surface area (Å²) in [5.41, 5.74) is -0.994. The van der Waals surface area contributed by atoms with Gasteiger partial charge >= 0.3 is 5.97 Å². The third kappa shape index (κ3) is 5.78. The van der Waals surface area contributed by atoms with Gasteiger partial charge in [-0.1, -0.05) is 27.2 Å². The molecule has 1 N–H and O–H groups in total. The van der Waals surface area contributed by atoms with Gasteiger partial charge in [-0.3, -0.25) is 0 Å². The molecule has 3 heteroatoms. The average Bonchev–Trinajstić information content (AvgIpc) is 2.12. The Bertz CT molecular complexity index is 189. The van der Waals surface area contributed by atoms with E-state index in [4.69, 9.17) is 9.84 Å². The predicted octanol–water partition coefficient (Wildman–Crippen LogP) is 3.08. The van der Waals surface area contributed by atoms with Crippen LogP contribution in [0.25, 0.3) is 0 Å². The number of hydrogen-bond acceptors (Lipinski definition) is 2. The van der Waals surface area contributed by atoms with Gasteiger partial charge in [0.15, 0.2) is 5.60 Å². The van der Waals surface area contributed by atoms with Crippen molar-refractivity contribution in [2.24, 2.45) is 5.92 Å². The van der Waals surface area contributed by atoms with Gasteiger partial charge in [0.25, 0.3) is 0 Å². The highest BCUT2D eigenvalue weighted by atomic mass is 16.5. The van der Waals surface area contributed by atoms with Gasteiger partial charge in [-0.2, -0.15) is 0 Å². The molecule has 0 aliphatic rings. The van der Waals surface area contributed by atoms with E-state index in [9.17, 15) is 4.79 Å². The largest absolute Gasteiger partial charge is 0.479 e. The number of hydrogen-bond donors (Lipinski definition) is 1. The lowest BCUT2D eigenvalue weighted by atomic mass is 10.0. The summed E-state index contributed by atoms with van der Waals surface area (Å²) in [5, 5.41) is 9.05. The Morgan fingerprint density at radius 1 is 1.47 bits per heavy atom. The summed E-state index contributed by atoms with van der Waals surface area (Å²) in [6.45, 7) is 8.48. The zero-order valence-electron chi connectivity index (χ0n) is 10.4. The Morgan fingerprint density at radius 2 is 2.07 bits per heavy atom. The lowest BCUT2D eigenvalue weighted by Crippen LogP contribution is -2.38. The van der Waals surface area contributed by atoms with Crippen molar-refractivity contribution in [3.63, 3.8) is 0 Å². The molecule has 0 aromatic rings. The quantitative estimate of drug-likeness (QED) is 0.634. The molecule has 0 bridgehead atoms. The second-order valence-corrected chi connectivity index (χ2v) is 4.67. The van der Waals surface area contributed by atoms with Crippen molar-refractivity contribution in [1.29, 1.82) is 0 Å². The van der Waals surface area contributed by atoms with Gasteiger partial charge in [0.1, 0.15) is 0 Å². The molecule has 90 valence electrons. The zero-order chi connectivity index (χ0) is 11.9. The Morgan fingerprint density at radius 3 is 2.47 bits per heavy atom. The molecule has 3 nitrogen and oxygen atoms in total. The molecule has 1 unspecified atom stereocenters. The van der Waals surface area contributed by atoms with E-state index in [1.807, 2.05) is 6.92 Å². The fourth-order valence-corrected chi connectivity index (χ4v) is 1.51. The van der Waals surface area contributed by atoms with Crippen LogP contribution >= 0.6 is 0 Å². The van der Waals surface area contributed by atoms with Crippen molar-refractivity contribution in [2.75, 3.05) is 6.61 Å². The zero-order valence-corrected chi connectivity index (χ0v) is 10.4. The van der Waals surface area contributed by atoms with E-state index < -0.39 is 11.6 Å². The Balaban J connectivity index is 3.92. The molecule has 0 aromatic heterocycles. The van der Waals surface area contributed by atoms with Gasteiger partial charge in [-0.15, -0.1) is 0 Å². The van der Waals surface area contributed by atoms with E-state index in [1.54, 1.807) is 6.92 Å². The third-order valence-electron chi connectivity index (χ3n) is 2.53. The number of aliphatic carboxylic acids is 1. The van der Waals surface area contributed by atoms with Crippen molar-refractivity contribution in [1.82, 2.24) is 0 Å². The van der Waals surface area contributed by atoms with E-state index in [2.05, 4.69) is 13.8 Å². The van der Waals surface area contributed by atoms with Crippen LogP contribution in [0.3, 0.4) is 0 Å². The summed E-state index contributed by atoms with van der Waals surface area (Å²) in [7, 11) is 0. The first kappa shape index (κ1) is 14.4. The monoisotopic (exact) mass is 216 g/mol. The normalized spacial score (nSPS) is 15.3. The third-order valence-corrected chi connectivity index (χ3v) is 2.53. The standard InChI is InChI=1S/C12H24O3/c1-5-8-12(4,11(13)14)15-9-6-7-10(2)3/h10H,5-9H2,1-4H3,(H,13,14). The molecule has 0 saturated heterocycles. The molecule has 0 amide bonds. The van der Waals surface area contributed by atoms with Gasteiger partial charge < -0.3 is 9.84 Å². The first-order valence-electron chi connectivity index (χ1n) is 5.79. The number of rotatable bonds is 8. The molecular weight excluding hydrogens is 192 g/mol. The lowest BCUT2D eigenvalue weighted by Gasteiger charge is -2.24. The van der Waals surface area contributed by atoms with Gasteiger partial charge in [0.2, 0.25) is 0 Å². The van der Waals surface area contributed by atoms with E-state index in [-0.39, 0.29) is 0 Å². The maximum atomic E-state index is 11.0. The molecule has 0 aromatic carbocycles. The summed E-state index contributed by atoms with van der Waals surface area (Å²) in [5.74, 6) is -0.204. The maximum Gasteiger partial charge on any atom is 0.335 e. The Hall–Kier alpha value is -0.570.